The topological polar surface area (TPSA) is 45.4 Å². The standard InChI is InChI=1S/C13H17NO2/c1-3-14-7-12(9(2)8-15)11-5-4-10(16)6-13(11)14/h4-7,9,15-16H,3,8H2,1-2H3. The van der Waals surface area contributed by atoms with Crippen LogP contribution in [0.2, 0.25) is 0 Å². The average molecular weight is 219 g/mol. The predicted molar refractivity (Wildman–Crippen MR) is 64.8 cm³/mol. The highest BCUT2D eigenvalue weighted by Crippen LogP contribution is 2.29. The third-order valence-corrected chi connectivity index (χ3v) is 3.04. The number of benzene rings is 1. The van der Waals surface area contributed by atoms with Gasteiger partial charge in [-0.3, -0.25) is 0 Å². The van der Waals surface area contributed by atoms with Gasteiger partial charge in [0.15, 0.2) is 0 Å². The van der Waals surface area contributed by atoms with Crippen LogP contribution in [0.25, 0.3) is 10.9 Å². The Balaban J connectivity index is 2.67. The van der Waals surface area contributed by atoms with Gasteiger partial charge >= 0.3 is 0 Å². The first kappa shape index (κ1) is 11.0. The molecule has 0 bridgehead atoms. The Kier molecular flexibility index (Phi) is 2.88. The van der Waals surface area contributed by atoms with E-state index in [2.05, 4.69) is 17.7 Å². The first-order valence-corrected chi connectivity index (χ1v) is 5.60. The van der Waals surface area contributed by atoms with Crippen LogP contribution in [0, 0.1) is 0 Å². The summed E-state index contributed by atoms with van der Waals surface area (Å²) in [5.41, 5.74) is 2.16. The van der Waals surface area contributed by atoms with E-state index in [0.29, 0.717) is 0 Å². The summed E-state index contributed by atoms with van der Waals surface area (Å²) in [4.78, 5) is 0. The molecule has 1 aromatic carbocycles. The van der Waals surface area contributed by atoms with Gasteiger partial charge < -0.3 is 14.8 Å². The van der Waals surface area contributed by atoms with Gasteiger partial charge in [-0.2, -0.15) is 0 Å². The second kappa shape index (κ2) is 4.18. The SMILES string of the molecule is CCn1cc(C(C)CO)c2ccc(O)cc21. The number of aliphatic hydroxyl groups excluding tert-OH is 1. The monoisotopic (exact) mass is 219 g/mol. The highest BCUT2D eigenvalue weighted by molar-refractivity contribution is 5.85. The van der Waals surface area contributed by atoms with E-state index < -0.39 is 0 Å². The van der Waals surface area contributed by atoms with E-state index in [9.17, 15) is 10.2 Å². The van der Waals surface area contributed by atoms with Gasteiger partial charge in [-0.05, 0) is 24.6 Å². The first-order valence-electron chi connectivity index (χ1n) is 5.60. The zero-order valence-electron chi connectivity index (χ0n) is 9.64. The summed E-state index contributed by atoms with van der Waals surface area (Å²) in [7, 11) is 0. The smallest absolute Gasteiger partial charge is 0.117 e. The molecule has 3 nitrogen and oxygen atoms in total. The third-order valence-electron chi connectivity index (χ3n) is 3.04. The summed E-state index contributed by atoms with van der Waals surface area (Å²) in [6, 6.07) is 5.38. The first-order chi connectivity index (χ1) is 7.67. The number of phenols is 1. The van der Waals surface area contributed by atoms with E-state index in [0.717, 1.165) is 23.0 Å². The number of hydrogen-bond acceptors (Lipinski definition) is 2. The number of hydrogen-bond donors (Lipinski definition) is 2. The second-order valence-electron chi connectivity index (χ2n) is 4.16. The Morgan fingerprint density at radius 2 is 2.12 bits per heavy atom. The van der Waals surface area contributed by atoms with Gasteiger partial charge in [-0.1, -0.05) is 6.92 Å². The predicted octanol–water partition coefficient (Wildman–Crippen LogP) is 2.46. The third kappa shape index (κ3) is 1.67. The number of aryl methyl sites for hydroxylation is 1. The van der Waals surface area contributed by atoms with Crippen molar-refractivity contribution in [1.82, 2.24) is 4.57 Å². The molecule has 2 rings (SSSR count). The van der Waals surface area contributed by atoms with Crippen LogP contribution in [0.1, 0.15) is 25.3 Å². The summed E-state index contributed by atoms with van der Waals surface area (Å²) in [5, 5.41) is 19.8. The van der Waals surface area contributed by atoms with Crippen molar-refractivity contribution in [3.63, 3.8) is 0 Å². The number of rotatable bonds is 3. The zero-order valence-corrected chi connectivity index (χ0v) is 9.64. The van der Waals surface area contributed by atoms with Crippen molar-refractivity contribution in [2.45, 2.75) is 26.3 Å². The minimum Gasteiger partial charge on any atom is -0.508 e. The van der Waals surface area contributed by atoms with E-state index in [1.807, 2.05) is 13.0 Å². The average Bonchev–Trinajstić information content (AvgIpc) is 2.66. The fourth-order valence-corrected chi connectivity index (χ4v) is 2.06. The molecule has 2 aromatic rings. The minimum absolute atomic E-state index is 0.125. The molecule has 1 heterocycles. The Labute approximate surface area is 94.9 Å². The van der Waals surface area contributed by atoms with Crippen LogP contribution < -0.4 is 0 Å². The van der Waals surface area contributed by atoms with Crippen molar-refractivity contribution in [2.75, 3.05) is 6.61 Å². The highest BCUT2D eigenvalue weighted by atomic mass is 16.3. The molecule has 1 aromatic heterocycles. The van der Waals surface area contributed by atoms with Crippen LogP contribution in [-0.4, -0.2) is 21.4 Å². The van der Waals surface area contributed by atoms with Gasteiger partial charge in [0.25, 0.3) is 0 Å². The van der Waals surface area contributed by atoms with Gasteiger partial charge in [-0.25, -0.2) is 0 Å². The summed E-state index contributed by atoms with van der Waals surface area (Å²) < 4.78 is 2.09. The molecule has 0 aliphatic rings. The zero-order chi connectivity index (χ0) is 11.7. The van der Waals surface area contributed by atoms with E-state index in [1.165, 1.54) is 0 Å². The molecule has 1 atom stereocenters. The Morgan fingerprint density at radius 1 is 1.38 bits per heavy atom. The van der Waals surface area contributed by atoms with E-state index >= 15 is 0 Å². The van der Waals surface area contributed by atoms with Crippen molar-refractivity contribution in [1.29, 1.82) is 0 Å². The molecule has 86 valence electrons. The van der Waals surface area contributed by atoms with Crippen LogP contribution in [0.3, 0.4) is 0 Å². The lowest BCUT2D eigenvalue weighted by molar-refractivity contribution is 0.273. The maximum Gasteiger partial charge on any atom is 0.117 e. The van der Waals surface area contributed by atoms with Gasteiger partial charge in [-0.15, -0.1) is 0 Å². The fraction of sp³-hybridized carbons (Fsp3) is 0.385. The molecule has 0 saturated carbocycles. The number of phenolic OH excluding ortho intramolecular Hbond substituents is 1. The molecule has 3 heteroatoms. The number of aromatic hydroxyl groups is 1. The molecular weight excluding hydrogens is 202 g/mol. The lowest BCUT2D eigenvalue weighted by atomic mass is 10.0. The lowest BCUT2D eigenvalue weighted by Crippen LogP contribution is -1.97. The molecule has 0 radical (unpaired) electrons. The Bertz CT molecular complexity index is 502. The largest absolute Gasteiger partial charge is 0.508 e. The van der Waals surface area contributed by atoms with Crippen molar-refractivity contribution < 1.29 is 10.2 Å². The van der Waals surface area contributed by atoms with Gasteiger partial charge in [0.1, 0.15) is 5.75 Å². The molecule has 0 aliphatic heterocycles. The Morgan fingerprint density at radius 3 is 2.75 bits per heavy atom. The normalized spacial score (nSPS) is 13.2. The van der Waals surface area contributed by atoms with Crippen LogP contribution in [0.4, 0.5) is 0 Å². The van der Waals surface area contributed by atoms with Crippen LogP contribution >= 0.6 is 0 Å². The molecule has 0 amide bonds. The molecule has 0 spiro atoms. The Hall–Kier alpha value is -1.48. The molecule has 16 heavy (non-hydrogen) atoms. The van der Waals surface area contributed by atoms with Crippen molar-refractivity contribution in [3.8, 4) is 5.75 Å². The van der Waals surface area contributed by atoms with Crippen molar-refractivity contribution >= 4 is 10.9 Å². The van der Waals surface area contributed by atoms with E-state index in [1.54, 1.807) is 12.1 Å². The van der Waals surface area contributed by atoms with Crippen LogP contribution in [0.15, 0.2) is 24.4 Å². The van der Waals surface area contributed by atoms with E-state index in [4.69, 9.17) is 0 Å². The fourth-order valence-electron chi connectivity index (χ4n) is 2.06. The summed E-state index contributed by atoms with van der Waals surface area (Å²) >= 11 is 0. The number of nitrogens with zero attached hydrogens (tertiary/aromatic N) is 1. The van der Waals surface area contributed by atoms with E-state index in [-0.39, 0.29) is 18.3 Å². The van der Waals surface area contributed by atoms with Crippen molar-refractivity contribution in [3.05, 3.63) is 30.0 Å². The summed E-state index contributed by atoms with van der Waals surface area (Å²) in [6.45, 7) is 5.07. The number of fused-ring (bicyclic) bond motifs is 1. The molecule has 2 N–H and O–H groups in total. The molecule has 0 aliphatic carbocycles. The van der Waals surface area contributed by atoms with Crippen molar-refractivity contribution in [2.24, 2.45) is 0 Å². The summed E-state index contributed by atoms with van der Waals surface area (Å²) in [5.74, 6) is 0.406. The maximum atomic E-state index is 9.49. The lowest BCUT2D eigenvalue weighted by Gasteiger charge is -2.05. The number of aliphatic hydroxyl groups is 1. The van der Waals surface area contributed by atoms with Gasteiger partial charge in [0, 0.05) is 36.7 Å². The molecule has 0 saturated heterocycles. The second-order valence-corrected chi connectivity index (χ2v) is 4.16. The molecule has 0 fully saturated rings. The maximum absolute atomic E-state index is 9.49. The van der Waals surface area contributed by atoms with Crippen LogP contribution in [-0.2, 0) is 6.54 Å². The van der Waals surface area contributed by atoms with Gasteiger partial charge in [0.05, 0.1) is 5.52 Å². The minimum atomic E-state index is 0.125. The highest BCUT2D eigenvalue weighted by Gasteiger charge is 2.13. The van der Waals surface area contributed by atoms with Gasteiger partial charge in [0.2, 0.25) is 0 Å². The number of aromatic nitrogens is 1. The molecular formula is C13H17NO2. The summed E-state index contributed by atoms with van der Waals surface area (Å²) in [6.07, 6.45) is 2.06. The molecule has 1 unspecified atom stereocenters. The quantitative estimate of drug-likeness (QED) is 0.833. The van der Waals surface area contributed by atoms with Crippen LogP contribution in [0.5, 0.6) is 5.75 Å².